The summed E-state index contributed by atoms with van der Waals surface area (Å²) >= 11 is 0. The standard InChI is InChI=1S/C10H17N3O3/c1-13-7-9(12-8-13)10(15)11-3-2-5-16-6-4-14/h7-8,14H,2-6H2,1H3,(H,11,15). The highest BCUT2D eigenvalue weighted by atomic mass is 16.5. The van der Waals surface area contributed by atoms with Crippen LogP contribution in [-0.2, 0) is 11.8 Å². The molecule has 0 atom stereocenters. The third kappa shape index (κ3) is 4.41. The van der Waals surface area contributed by atoms with Gasteiger partial charge in [0.2, 0.25) is 0 Å². The number of rotatable bonds is 7. The number of aliphatic hydroxyl groups excluding tert-OH is 1. The van der Waals surface area contributed by atoms with E-state index in [-0.39, 0.29) is 12.5 Å². The molecule has 0 spiro atoms. The average Bonchev–Trinajstić information content (AvgIpc) is 2.70. The van der Waals surface area contributed by atoms with Gasteiger partial charge in [-0.25, -0.2) is 4.98 Å². The summed E-state index contributed by atoms with van der Waals surface area (Å²) < 4.78 is 6.77. The Morgan fingerprint density at radius 2 is 2.44 bits per heavy atom. The van der Waals surface area contributed by atoms with Crippen LogP contribution in [0.25, 0.3) is 0 Å². The van der Waals surface area contributed by atoms with E-state index in [1.165, 1.54) is 0 Å². The second kappa shape index (κ2) is 6.97. The molecule has 0 aromatic carbocycles. The predicted molar refractivity (Wildman–Crippen MR) is 58.1 cm³/mol. The van der Waals surface area contributed by atoms with Crippen LogP contribution in [0.15, 0.2) is 12.5 Å². The summed E-state index contributed by atoms with van der Waals surface area (Å²) in [5, 5.41) is 11.2. The van der Waals surface area contributed by atoms with Gasteiger partial charge in [-0.1, -0.05) is 0 Å². The zero-order valence-electron chi connectivity index (χ0n) is 9.35. The van der Waals surface area contributed by atoms with Gasteiger partial charge in [-0.15, -0.1) is 0 Å². The number of ether oxygens (including phenoxy) is 1. The molecule has 16 heavy (non-hydrogen) atoms. The predicted octanol–water partition coefficient (Wildman–Crippen LogP) is -0.451. The fourth-order valence-corrected chi connectivity index (χ4v) is 1.16. The van der Waals surface area contributed by atoms with Crippen LogP contribution in [0.5, 0.6) is 0 Å². The van der Waals surface area contributed by atoms with Crippen molar-refractivity contribution < 1.29 is 14.6 Å². The zero-order valence-corrected chi connectivity index (χ0v) is 9.35. The summed E-state index contributed by atoms with van der Waals surface area (Å²) in [6, 6.07) is 0. The van der Waals surface area contributed by atoms with Crippen LogP contribution in [-0.4, -0.2) is 46.9 Å². The van der Waals surface area contributed by atoms with Gasteiger partial charge >= 0.3 is 0 Å². The van der Waals surface area contributed by atoms with Gasteiger partial charge in [0.05, 0.1) is 19.5 Å². The minimum Gasteiger partial charge on any atom is -0.394 e. The molecule has 0 radical (unpaired) electrons. The minimum atomic E-state index is -0.178. The van der Waals surface area contributed by atoms with E-state index in [4.69, 9.17) is 9.84 Å². The molecular formula is C10H17N3O3. The van der Waals surface area contributed by atoms with E-state index in [9.17, 15) is 4.79 Å². The van der Waals surface area contributed by atoms with Gasteiger partial charge in [0.25, 0.3) is 5.91 Å². The maximum atomic E-state index is 11.5. The summed E-state index contributed by atoms with van der Waals surface area (Å²) in [5.41, 5.74) is 0.416. The largest absolute Gasteiger partial charge is 0.394 e. The molecule has 0 saturated heterocycles. The van der Waals surface area contributed by atoms with Gasteiger partial charge < -0.3 is 19.7 Å². The van der Waals surface area contributed by atoms with Crippen LogP contribution in [0.3, 0.4) is 0 Å². The van der Waals surface area contributed by atoms with Crippen LogP contribution in [0.1, 0.15) is 16.9 Å². The summed E-state index contributed by atoms with van der Waals surface area (Å²) in [6.45, 7) is 1.44. The van der Waals surface area contributed by atoms with Crippen LogP contribution >= 0.6 is 0 Å². The number of amides is 1. The quantitative estimate of drug-likeness (QED) is 0.618. The monoisotopic (exact) mass is 227 g/mol. The van der Waals surface area contributed by atoms with E-state index >= 15 is 0 Å². The van der Waals surface area contributed by atoms with Gasteiger partial charge in [-0.2, -0.15) is 0 Å². The topological polar surface area (TPSA) is 76.4 Å². The Balaban J connectivity index is 2.11. The number of aromatic nitrogens is 2. The van der Waals surface area contributed by atoms with Crippen LogP contribution in [0.2, 0.25) is 0 Å². The number of carbonyl (C=O) groups is 1. The highest BCUT2D eigenvalue weighted by Gasteiger charge is 2.06. The van der Waals surface area contributed by atoms with Crippen LogP contribution in [0, 0.1) is 0 Å². The smallest absolute Gasteiger partial charge is 0.271 e. The molecule has 1 aromatic heterocycles. The molecule has 0 fully saturated rings. The number of nitrogens with one attached hydrogen (secondary N) is 1. The van der Waals surface area contributed by atoms with E-state index in [1.54, 1.807) is 17.1 Å². The Kier molecular flexibility index (Phi) is 5.52. The van der Waals surface area contributed by atoms with Crippen molar-refractivity contribution >= 4 is 5.91 Å². The molecule has 0 aliphatic heterocycles. The van der Waals surface area contributed by atoms with E-state index in [1.807, 2.05) is 7.05 Å². The molecule has 6 heteroatoms. The Bertz CT molecular complexity index is 325. The van der Waals surface area contributed by atoms with Gasteiger partial charge in [-0.05, 0) is 6.42 Å². The fraction of sp³-hybridized carbons (Fsp3) is 0.600. The summed E-state index contributed by atoms with van der Waals surface area (Å²) in [6.07, 6.45) is 3.97. The molecule has 0 unspecified atom stereocenters. The Labute approximate surface area is 94.2 Å². The third-order valence-electron chi connectivity index (χ3n) is 1.92. The van der Waals surface area contributed by atoms with Crippen molar-refractivity contribution in [3.63, 3.8) is 0 Å². The van der Waals surface area contributed by atoms with Crippen molar-refractivity contribution in [3.8, 4) is 0 Å². The lowest BCUT2D eigenvalue weighted by Gasteiger charge is -2.03. The molecule has 90 valence electrons. The highest BCUT2D eigenvalue weighted by Crippen LogP contribution is 1.93. The molecule has 0 aliphatic carbocycles. The SMILES string of the molecule is Cn1cnc(C(=O)NCCCOCCO)c1. The van der Waals surface area contributed by atoms with Crippen molar-refractivity contribution in [2.45, 2.75) is 6.42 Å². The van der Waals surface area contributed by atoms with Crippen molar-refractivity contribution in [1.82, 2.24) is 14.9 Å². The first-order valence-electron chi connectivity index (χ1n) is 5.19. The number of hydrogen-bond acceptors (Lipinski definition) is 4. The zero-order chi connectivity index (χ0) is 11.8. The van der Waals surface area contributed by atoms with E-state index in [2.05, 4.69) is 10.3 Å². The first-order valence-corrected chi connectivity index (χ1v) is 5.19. The van der Waals surface area contributed by atoms with E-state index in [0.29, 0.717) is 25.5 Å². The molecule has 1 aromatic rings. The van der Waals surface area contributed by atoms with Crippen molar-refractivity contribution in [3.05, 3.63) is 18.2 Å². The number of nitrogens with zero attached hydrogens (tertiary/aromatic N) is 2. The maximum Gasteiger partial charge on any atom is 0.271 e. The molecule has 1 heterocycles. The van der Waals surface area contributed by atoms with Crippen molar-refractivity contribution in [1.29, 1.82) is 0 Å². The Morgan fingerprint density at radius 3 is 3.06 bits per heavy atom. The molecule has 0 aliphatic rings. The van der Waals surface area contributed by atoms with Crippen LogP contribution in [0.4, 0.5) is 0 Å². The Hall–Kier alpha value is -1.40. The lowest BCUT2D eigenvalue weighted by molar-refractivity contribution is 0.0866. The second-order valence-corrected chi connectivity index (χ2v) is 3.37. The average molecular weight is 227 g/mol. The lowest BCUT2D eigenvalue weighted by Crippen LogP contribution is -2.25. The number of carbonyl (C=O) groups excluding carboxylic acids is 1. The van der Waals surface area contributed by atoms with Crippen molar-refractivity contribution in [2.75, 3.05) is 26.4 Å². The molecule has 2 N–H and O–H groups in total. The molecular weight excluding hydrogens is 210 g/mol. The van der Waals surface area contributed by atoms with Crippen molar-refractivity contribution in [2.24, 2.45) is 7.05 Å². The Morgan fingerprint density at radius 1 is 1.62 bits per heavy atom. The van der Waals surface area contributed by atoms with Gasteiger partial charge in [0, 0.05) is 26.4 Å². The molecule has 6 nitrogen and oxygen atoms in total. The minimum absolute atomic E-state index is 0.0281. The van der Waals surface area contributed by atoms with Crippen LogP contribution < -0.4 is 5.32 Å². The van der Waals surface area contributed by atoms with Gasteiger partial charge in [0.15, 0.2) is 0 Å². The van der Waals surface area contributed by atoms with E-state index < -0.39 is 0 Å². The lowest BCUT2D eigenvalue weighted by atomic mass is 10.4. The summed E-state index contributed by atoms with van der Waals surface area (Å²) in [4.78, 5) is 15.4. The number of aryl methyl sites for hydroxylation is 1. The van der Waals surface area contributed by atoms with E-state index in [0.717, 1.165) is 6.42 Å². The number of imidazole rings is 1. The highest BCUT2D eigenvalue weighted by molar-refractivity contribution is 5.91. The fourth-order valence-electron chi connectivity index (χ4n) is 1.16. The second-order valence-electron chi connectivity index (χ2n) is 3.37. The van der Waals surface area contributed by atoms with Gasteiger partial charge in [0.1, 0.15) is 5.69 Å². The summed E-state index contributed by atoms with van der Waals surface area (Å²) in [5.74, 6) is -0.178. The molecule has 0 saturated carbocycles. The molecule has 0 bridgehead atoms. The molecule has 1 amide bonds. The first-order chi connectivity index (χ1) is 7.74. The third-order valence-corrected chi connectivity index (χ3v) is 1.92. The van der Waals surface area contributed by atoms with Gasteiger partial charge in [-0.3, -0.25) is 4.79 Å². The maximum absolute atomic E-state index is 11.5. The summed E-state index contributed by atoms with van der Waals surface area (Å²) in [7, 11) is 1.81. The number of aliphatic hydroxyl groups is 1. The first kappa shape index (κ1) is 12.7. The normalized spacial score (nSPS) is 10.4. The molecule has 1 rings (SSSR count). The number of hydrogen-bond donors (Lipinski definition) is 2.